The number of aliphatic hydroxyl groups is 1. The predicted octanol–water partition coefficient (Wildman–Crippen LogP) is 1.84. The van der Waals surface area contributed by atoms with Crippen LogP contribution in [-0.2, 0) is 9.31 Å². The molecule has 2 saturated heterocycles. The molecule has 1 N–H and O–H groups in total. The highest BCUT2D eigenvalue weighted by Gasteiger charge is 2.69. The van der Waals surface area contributed by atoms with Gasteiger partial charge in [-0.1, -0.05) is 13.8 Å². The van der Waals surface area contributed by atoms with Crippen molar-refractivity contribution in [2.24, 2.45) is 17.3 Å². The average Bonchev–Trinajstić information content (AvgIpc) is 2.87. The van der Waals surface area contributed by atoms with Gasteiger partial charge in [-0.15, -0.1) is 0 Å². The third-order valence-electron chi connectivity index (χ3n) is 6.54. The number of aliphatic hydroxyl groups excluding tert-OH is 1. The minimum Gasteiger partial charge on any atom is -0.404 e. The topological polar surface area (TPSA) is 41.9 Å². The smallest absolute Gasteiger partial charge is 0.404 e. The molecule has 2 aliphatic heterocycles. The van der Waals surface area contributed by atoms with Crippen LogP contribution in [-0.4, -0.2) is 46.9 Å². The maximum atomic E-state index is 9.76. The Morgan fingerprint density at radius 3 is 2.60 bits per heavy atom. The summed E-state index contributed by atoms with van der Waals surface area (Å²) in [5.74, 6) is 1.29. The molecule has 0 spiro atoms. The van der Waals surface area contributed by atoms with Gasteiger partial charge in [-0.2, -0.15) is 0 Å². The van der Waals surface area contributed by atoms with E-state index in [1.807, 2.05) is 0 Å². The van der Waals surface area contributed by atoms with Crippen LogP contribution in [0, 0.1) is 17.3 Å². The molecule has 5 rings (SSSR count). The third kappa shape index (κ3) is 1.64. The van der Waals surface area contributed by atoms with Gasteiger partial charge < -0.3 is 14.4 Å². The highest BCUT2D eigenvalue weighted by atomic mass is 35.5. The fraction of sp³-hybridized carbons (Fsp3) is 1.00. The first-order chi connectivity index (χ1) is 9.32. The van der Waals surface area contributed by atoms with Crippen molar-refractivity contribution in [2.75, 3.05) is 6.54 Å². The van der Waals surface area contributed by atoms with Crippen molar-refractivity contribution in [2.45, 2.75) is 63.8 Å². The second-order valence-electron chi connectivity index (χ2n) is 7.88. The SMILES string of the molecule is CC1(C)C2CC3OB(C4C[C@@H](O)CN4Cl)O[C@@]3(C)C1C2. The Morgan fingerprint density at radius 1 is 1.25 bits per heavy atom. The van der Waals surface area contributed by atoms with Gasteiger partial charge in [0.1, 0.15) is 0 Å². The summed E-state index contributed by atoms with van der Waals surface area (Å²) in [7, 11) is -0.296. The monoisotopic (exact) mass is 299 g/mol. The van der Waals surface area contributed by atoms with Crippen molar-refractivity contribution in [3.63, 3.8) is 0 Å². The molecule has 5 aliphatic rings. The molecular weight excluding hydrogens is 276 g/mol. The predicted molar refractivity (Wildman–Crippen MR) is 77.1 cm³/mol. The highest BCUT2D eigenvalue weighted by molar-refractivity contribution is 6.48. The largest absolute Gasteiger partial charge is 0.477 e. The van der Waals surface area contributed by atoms with Crippen LogP contribution in [0.25, 0.3) is 0 Å². The summed E-state index contributed by atoms with van der Waals surface area (Å²) < 4.78 is 14.2. The van der Waals surface area contributed by atoms with E-state index in [0.717, 1.165) is 12.3 Å². The fourth-order valence-corrected chi connectivity index (χ4v) is 5.44. The molecule has 0 amide bonds. The number of rotatable bonds is 1. The van der Waals surface area contributed by atoms with Crippen molar-refractivity contribution in [3.8, 4) is 0 Å². The molecule has 5 fully saturated rings. The van der Waals surface area contributed by atoms with E-state index in [1.54, 1.807) is 4.42 Å². The van der Waals surface area contributed by atoms with E-state index in [4.69, 9.17) is 21.1 Å². The lowest BCUT2D eigenvalue weighted by Crippen LogP contribution is -2.65. The number of hydrogen-bond acceptors (Lipinski definition) is 4. The van der Waals surface area contributed by atoms with Crippen molar-refractivity contribution in [3.05, 3.63) is 0 Å². The zero-order valence-corrected chi connectivity index (χ0v) is 13.1. The molecule has 0 aromatic carbocycles. The summed E-state index contributed by atoms with van der Waals surface area (Å²) >= 11 is 6.21. The zero-order valence-electron chi connectivity index (χ0n) is 12.4. The lowest BCUT2D eigenvalue weighted by molar-refractivity contribution is -0.199. The molecule has 0 aromatic heterocycles. The Kier molecular flexibility index (Phi) is 2.86. The van der Waals surface area contributed by atoms with E-state index in [-0.39, 0.29) is 30.9 Å². The highest BCUT2D eigenvalue weighted by Crippen LogP contribution is 2.65. The molecule has 2 heterocycles. The lowest BCUT2D eigenvalue weighted by atomic mass is 9.43. The first kappa shape index (κ1) is 13.8. The Labute approximate surface area is 126 Å². The van der Waals surface area contributed by atoms with E-state index in [9.17, 15) is 5.11 Å². The van der Waals surface area contributed by atoms with Crippen molar-refractivity contribution in [1.82, 2.24) is 4.42 Å². The molecule has 3 saturated carbocycles. The van der Waals surface area contributed by atoms with Crippen LogP contribution >= 0.6 is 11.8 Å². The average molecular weight is 300 g/mol. The van der Waals surface area contributed by atoms with Crippen LogP contribution in [0.2, 0.25) is 0 Å². The molecule has 4 nitrogen and oxygen atoms in total. The van der Waals surface area contributed by atoms with E-state index in [2.05, 4.69) is 20.8 Å². The summed E-state index contributed by atoms with van der Waals surface area (Å²) in [4.78, 5) is 0. The Bertz CT molecular complexity index is 437. The second-order valence-corrected chi connectivity index (χ2v) is 8.31. The normalized spacial score (nSPS) is 53.9. The molecule has 6 atom stereocenters. The molecule has 20 heavy (non-hydrogen) atoms. The maximum absolute atomic E-state index is 9.76. The summed E-state index contributed by atoms with van der Waals surface area (Å²) in [6.45, 7) is 7.42. The second kappa shape index (κ2) is 4.14. The van der Waals surface area contributed by atoms with Crippen molar-refractivity contribution in [1.29, 1.82) is 0 Å². The van der Waals surface area contributed by atoms with Crippen LogP contribution in [0.15, 0.2) is 0 Å². The molecule has 0 radical (unpaired) electrons. The van der Waals surface area contributed by atoms with E-state index in [1.165, 1.54) is 6.42 Å². The van der Waals surface area contributed by atoms with Crippen LogP contribution in [0.3, 0.4) is 0 Å². The maximum Gasteiger partial charge on any atom is 0.477 e. The van der Waals surface area contributed by atoms with Crippen LogP contribution < -0.4 is 0 Å². The summed E-state index contributed by atoms with van der Waals surface area (Å²) in [5.41, 5.74) is 0.174. The number of halogens is 1. The number of hydrogen-bond donors (Lipinski definition) is 1. The van der Waals surface area contributed by atoms with E-state index in [0.29, 0.717) is 24.3 Å². The Balaban J connectivity index is 1.55. The molecule has 3 aliphatic carbocycles. The van der Waals surface area contributed by atoms with Gasteiger partial charge in [0.2, 0.25) is 0 Å². The number of β-amino-alcohol motifs (C(OH)–C–C–N with tert-alkyl or cyclic N) is 1. The van der Waals surface area contributed by atoms with Gasteiger partial charge in [0.05, 0.1) is 23.8 Å². The van der Waals surface area contributed by atoms with Crippen molar-refractivity contribution >= 4 is 18.9 Å². The molecule has 112 valence electrons. The van der Waals surface area contributed by atoms with Gasteiger partial charge in [0.25, 0.3) is 0 Å². The van der Waals surface area contributed by atoms with Crippen molar-refractivity contribution < 1.29 is 14.4 Å². The Hall–Kier alpha value is 0.195. The lowest BCUT2D eigenvalue weighted by Gasteiger charge is -2.64. The molecule has 2 bridgehead atoms. The zero-order chi connectivity index (χ0) is 14.3. The first-order valence-electron chi connectivity index (χ1n) is 7.76. The van der Waals surface area contributed by atoms with Gasteiger partial charge in [-0.25, -0.2) is 4.42 Å². The fourth-order valence-electron chi connectivity index (χ4n) is 5.11. The third-order valence-corrected chi connectivity index (χ3v) is 6.93. The van der Waals surface area contributed by atoms with E-state index < -0.39 is 0 Å². The molecule has 0 aromatic rings. The standard InChI is InChI=1S/C14H23BClNO3/c1-13(2)8-4-10(13)14(3)11(5-8)19-15(20-14)12-6-9(18)7-17(12)16/h8-12,18H,4-7H2,1-3H3/t8?,9-,10?,11?,12?,14+/m1/s1. The van der Waals surface area contributed by atoms with Gasteiger partial charge >= 0.3 is 7.12 Å². The van der Waals surface area contributed by atoms with Gasteiger partial charge in [-0.3, -0.25) is 0 Å². The van der Waals surface area contributed by atoms with Gasteiger partial charge in [-0.05, 0) is 55.2 Å². The van der Waals surface area contributed by atoms with Crippen LogP contribution in [0.4, 0.5) is 0 Å². The summed E-state index contributed by atoms with van der Waals surface area (Å²) in [6.07, 6.45) is 2.80. The summed E-state index contributed by atoms with van der Waals surface area (Å²) in [5, 5.41) is 9.76. The summed E-state index contributed by atoms with van der Waals surface area (Å²) in [6, 6.07) is 0. The Morgan fingerprint density at radius 2 is 2.00 bits per heavy atom. The van der Waals surface area contributed by atoms with E-state index >= 15 is 0 Å². The van der Waals surface area contributed by atoms with Gasteiger partial charge in [0, 0.05) is 6.54 Å². The van der Waals surface area contributed by atoms with Crippen LogP contribution in [0.1, 0.15) is 40.0 Å². The minimum absolute atomic E-state index is 0.0330. The first-order valence-corrected chi connectivity index (χ1v) is 8.10. The quantitative estimate of drug-likeness (QED) is 0.593. The van der Waals surface area contributed by atoms with Crippen LogP contribution in [0.5, 0.6) is 0 Å². The number of nitrogens with zero attached hydrogens (tertiary/aromatic N) is 1. The molecule has 6 heteroatoms. The van der Waals surface area contributed by atoms with Gasteiger partial charge in [0.15, 0.2) is 0 Å². The molecule has 4 unspecified atom stereocenters. The minimum atomic E-state index is -0.370. The molecular formula is C14H23BClNO3.